The number of amides is 2. The molecule has 44 heavy (non-hydrogen) atoms. The largest absolute Gasteiger partial charge is 0.492 e. The number of carbonyl (C=O) groups excluding carboxylic acids is 2. The van der Waals surface area contributed by atoms with Crippen molar-refractivity contribution in [1.29, 1.82) is 0 Å². The molecule has 2 amide bonds. The molecule has 0 bridgehead atoms. The molecule has 0 aliphatic heterocycles. The van der Waals surface area contributed by atoms with Gasteiger partial charge in [-0.25, -0.2) is 8.42 Å². The highest BCUT2D eigenvalue weighted by atomic mass is 32.2. The van der Waals surface area contributed by atoms with Crippen LogP contribution < -0.4 is 14.4 Å². The van der Waals surface area contributed by atoms with Crippen LogP contribution in [0, 0.1) is 6.92 Å². The molecule has 3 aromatic rings. The van der Waals surface area contributed by atoms with E-state index in [-0.39, 0.29) is 43.8 Å². The summed E-state index contributed by atoms with van der Waals surface area (Å²) in [4.78, 5) is 29.7. The van der Waals surface area contributed by atoms with Crippen molar-refractivity contribution in [2.75, 3.05) is 23.7 Å². The molecule has 236 valence electrons. The molecule has 1 atom stereocenters. The van der Waals surface area contributed by atoms with Crippen LogP contribution in [0.5, 0.6) is 5.75 Å². The fourth-order valence-corrected chi connectivity index (χ4v) is 6.82. The van der Waals surface area contributed by atoms with Crippen molar-refractivity contribution in [2.24, 2.45) is 0 Å². The highest BCUT2D eigenvalue weighted by molar-refractivity contribution is 7.92. The molecule has 8 nitrogen and oxygen atoms in total. The Morgan fingerprint density at radius 1 is 0.955 bits per heavy atom. The first-order chi connectivity index (χ1) is 21.2. The van der Waals surface area contributed by atoms with Gasteiger partial charge in [-0.1, -0.05) is 85.1 Å². The number of sulfonamides is 1. The van der Waals surface area contributed by atoms with Crippen molar-refractivity contribution in [1.82, 2.24) is 10.2 Å². The minimum atomic E-state index is -3.65. The lowest BCUT2D eigenvalue weighted by Gasteiger charge is -2.33. The Kier molecular flexibility index (Phi) is 11.8. The number of hydrogen-bond donors (Lipinski definition) is 1. The van der Waals surface area contributed by atoms with Crippen LogP contribution in [0.2, 0.25) is 0 Å². The smallest absolute Gasteiger partial charge is 0.243 e. The third-order valence-corrected chi connectivity index (χ3v) is 9.17. The van der Waals surface area contributed by atoms with Gasteiger partial charge in [0.15, 0.2) is 0 Å². The molecule has 3 aromatic carbocycles. The van der Waals surface area contributed by atoms with E-state index in [1.54, 1.807) is 29.2 Å². The van der Waals surface area contributed by atoms with Gasteiger partial charge in [0, 0.05) is 32.0 Å². The van der Waals surface area contributed by atoms with Crippen LogP contribution in [0.4, 0.5) is 5.69 Å². The predicted octanol–water partition coefficient (Wildman–Crippen LogP) is 5.64. The number of hydrogen-bond acceptors (Lipinski definition) is 5. The van der Waals surface area contributed by atoms with Crippen LogP contribution in [0.1, 0.15) is 62.1 Å². The molecule has 0 radical (unpaired) electrons. The zero-order valence-electron chi connectivity index (χ0n) is 26.1. The zero-order valence-corrected chi connectivity index (χ0v) is 26.9. The van der Waals surface area contributed by atoms with Crippen LogP contribution in [0.25, 0.3) is 0 Å². The number of nitrogens with one attached hydrogen (secondary N) is 1. The van der Waals surface area contributed by atoms with E-state index < -0.39 is 16.1 Å². The van der Waals surface area contributed by atoms with Gasteiger partial charge in [0.25, 0.3) is 0 Å². The number of nitrogens with zero attached hydrogens (tertiary/aromatic N) is 2. The highest BCUT2D eigenvalue weighted by Crippen LogP contribution is 2.30. The number of anilines is 1. The van der Waals surface area contributed by atoms with Crippen molar-refractivity contribution in [2.45, 2.75) is 77.4 Å². The topological polar surface area (TPSA) is 96.0 Å². The summed E-state index contributed by atoms with van der Waals surface area (Å²) in [7, 11) is -3.65. The highest BCUT2D eigenvalue weighted by Gasteiger charge is 2.32. The van der Waals surface area contributed by atoms with Gasteiger partial charge in [0.05, 0.1) is 18.6 Å². The van der Waals surface area contributed by atoms with E-state index >= 15 is 0 Å². The Hall–Kier alpha value is -3.85. The van der Waals surface area contributed by atoms with Crippen LogP contribution >= 0.6 is 0 Å². The van der Waals surface area contributed by atoms with E-state index in [4.69, 9.17) is 4.74 Å². The lowest BCUT2D eigenvalue weighted by Crippen LogP contribution is -2.52. The molecule has 0 saturated heterocycles. The second-order valence-corrected chi connectivity index (χ2v) is 13.5. The molecule has 0 unspecified atom stereocenters. The van der Waals surface area contributed by atoms with E-state index in [9.17, 15) is 18.0 Å². The maximum absolute atomic E-state index is 14.1. The molecule has 1 N–H and O–H groups in total. The molecule has 1 aliphatic rings. The molecule has 1 fully saturated rings. The summed E-state index contributed by atoms with van der Waals surface area (Å²) >= 11 is 0. The van der Waals surface area contributed by atoms with Gasteiger partial charge in [0.1, 0.15) is 11.8 Å². The van der Waals surface area contributed by atoms with Gasteiger partial charge in [-0.2, -0.15) is 0 Å². The second kappa shape index (κ2) is 15.7. The first-order valence-corrected chi connectivity index (χ1v) is 17.4. The third-order valence-electron chi connectivity index (χ3n) is 7.99. The van der Waals surface area contributed by atoms with Gasteiger partial charge in [-0.05, 0) is 56.4 Å². The summed E-state index contributed by atoms with van der Waals surface area (Å²) in [6, 6.07) is 24.1. The Bertz CT molecular complexity index is 1490. The average molecular weight is 620 g/mol. The van der Waals surface area contributed by atoms with Crippen LogP contribution in [0.15, 0.2) is 78.9 Å². The summed E-state index contributed by atoms with van der Waals surface area (Å²) in [5, 5.41) is 3.23. The van der Waals surface area contributed by atoms with E-state index in [1.807, 2.05) is 68.4 Å². The number of benzene rings is 3. The Morgan fingerprint density at radius 2 is 1.64 bits per heavy atom. The summed E-state index contributed by atoms with van der Waals surface area (Å²) in [6.07, 6.45) is 5.96. The van der Waals surface area contributed by atoms with Gasteiger partial charge in [-0.15, -0.1) is 0 Å². The maximum Gasteiger partial charge on any atom is 0.243 e. The second-order valence-electron chi connectivity index (χ2n) is 11.5. The monoisotopic (exact) mass is 619 g/mol. The first-order valence-electron chi connectivity index (χ1n) is 15.5. The standard InChI is InChI=1S/C35H45N3O5S/c1-4-43-33-21-11-10-20-31(33)38(44(3,41)42)23-13-22-34(39)37(26-29-17-12-14-27(2)24-29)32(25-28-15-6-5-7-16-28)35(40)36-30-18-8-9-19-30/h5-7,10-12,14-17,20-21,24,30,32H,4,8-9,13,18-19,22-23,25-26H2,1-3H3,(H,36,40)/t32-/m1/s1. The number of aryl methyl sites for hydroxylation is 1. The van der Waals surface area contributed by atoms with Crippen molar-refractivity contribution in [3.63, 3.8) is 0 Å². The van der Waals surface area contributed by atoms with E-state index in [1.165, 1.54) is 4.31 Å². The van der Waals surface area contributed by atoms with E-state index in [0.717, 1.165) is 48.6 Å². The van der Waals surface area contributed by atoms with Gasteiger partial charge < -0.3 is 15.0 Å². The number of ether oxygens (including phenoxy) is 1. The zero-order chi connectivity index (χ0) is 31.5. The molecule has 1 saturated carbocycles. The fraction of sp³-hybridized carbons (Fsp3) is 0.429. The molecule has 4 rings (SSSR count). The fourth-order valence-electron chi connectivity index (χ4n) is 5.85. The van der Waals surface area contributed by atoms with E-state index in [0.29, 0.717) is 24.5 Å². The number of rotatable bonds is 15. The van der Waals surface area contributed by atoms with Crippen molar-refractivity contribution in [3.8, 4) is 5.75 Å². The minimum absolute atomic E-state index is 0.0800. The number of carbonyl (C=O) groups is 2. The molecule has 9 heteroatoms. The maximum atomic E-state index is 14.1. The summed E-state index contributed by atoms with van der Waals surface area (Å²) in [5.74, 6) is 0.130. The summed E-state index contributed by atoms with van der Waals surface area (Å²) < 4.78 is 32.7. The lowest BCUT2D eigenvalue weighted by molar-refractivity contribution is -0.141. The summed E-state index contributed by atoms with van der Waals surface area (Å²) in [6.45, 7) is 4.62. The van der Waals surface area contributed by atoms with Crippen LogP contribution in [-0.2, 0) is 32.6 Å². The van der Waals surface area contributed by atoms with E-state index in [2.05, 4.69) is 5.32 Å². The molecule has 0 aromatic heterocycles. The number of para-hydroxylation sites is 2. The quantitative estimate of drug-likeness (QED) is 0.238. The molecule has 0 spiro atoms. The van der Waals surface area contributed by atoms with Crippen molar-refractivity contribution in [3.05, 3.63) is 95.6 Å². The van der Waals surface area contributed by atoms with Gasteiger partial charge >= 0.3 is 0 Å². The van der Waals surface area contributed by atoms with Crippen molar-refractivity contribution < 1.29 is 22.7 Å². The van der Waals surface area contributed by atoms with Crippen molar-refractivity contribution >= 4 is 27.5 Å². The molecule has 0 heterocycles. The van der Waals surface area contributed by atoms with Crippen LogP contribution in [0.3, 0.4) is 0 Å². The molecule has 1 aliphatic carbocycles. The molecular formula is C35H45N3O5S. The third kappa shape index (κ3) is 9.32. The average Bonchev–Trinajstić information content (AvgIpc) is 3.50. The lowest BCUT2D eigenvalue weighted by atomic mass is 10.0. The minimum Gasteiger partial charge on any atom is -0.492 e. The Balaban J connectivity index is 1.60. The van der Waals surface area contributed by atoms with Gasteiger partial charge in [-0.3, -0.25) is 13.9 Å². The Morgan fingerprint density at radius 3 is 2.32 bits per heavy atom. The van der Waals surface area contributed by atoms with Gasteiger partial charge in [0.2, 0.25) is 21.8 Å². The van der Waals surface area contributed by atoms with Crippen LogP contribution in [-0.4, -0.2) is 56.6 Å². The normalized spacial score (nSPS) is 14.2. The first kappa shape index (κ1) is 33.1. The predicted molar refractivity (Wildman–Crippen MR) is 175 cm³/mol. The SMILES string of the molecule is CCOc1ccccc1N(CCCC(=O)N(Cc1cccc(C)c1)[C@H](Cc1ccccc1)C(=O)NC1CCCC1)S(C)(=O)=O. The Labute approximate surface area is 262 Å². The summed E-state index contributed by atoms with van der Waals surface area (Å²) in [5.41, 5.74) is 3.42. The molecular weight excluding hydrogens is 574 g/mol.